The number of unbranched alkanes of at least 4 members (excludes halogenated alkanes) is 1. The molecule has 0 atom stereocenters. The van der Waals surface area contributed by atoms with Crippen molar-refractivity contribution in [3.05, 3.63) is 36.5 Å². The predicted molar refractivity (Wildman–Crippen MR) is 70.5 cm³/mol. The van der Waals surface area contributed by atoms with E-state index in [0.29, 0.717) is 12.6 Å². The fraction of sp³-hybridized carbons (Fsp3) is 0.500. The Bertz CT molecular complexity index is 262. The van der Waals surface area contributed by atoms with E-state index in [9.17, 15) is 4.79 Å². The second-order valence-corrected chi connectivity index (χ2v) is 3.94. The maximum atomic E-state index is 11.3. The van der Waals surface area contributed by atoms with Crippen molar-refractivity contribution >= 4 is 5.78 Å². The van der Waals surface area contributed by atoms with Crippen LogP contribution in [0.15, 0.2) is 36.5 Å². The maximum absolute atomic E-state index is 11.3. The number of ketones is 1. The van der Waals surface area contributed by atoms with E-state index in [0.717, 1.165) is 12.8 Å². The number of hydrogen-bond donors (Lipinski definition) is 1. The molecule has 0 fully saturated rings. The number of carbonyl (C=O) groups excluding carboxylic acids is 1. The second-order valence-electron chi connectivity index (χ2n) is 3.94. The Morgan fingerprint density at radius 3 is 2.50 bits per heavy atom. The topological polar surface area (TPSA) is 29.1 Å². The molecule has 0 saturated heterocycles. The first-order valence-electron chi connectivity index (χ1n) is 5.87. The standard InChI is InChI=1S/C14H23NO/c1-4-5-6-7-8-9-10-11-14(16)12-15-13(2)3/h4-7,10-11,13,15H,8-9,12H2,1-3H3. The Morgan fingerprint density at radius 2 is 1.88 bits per heavy atom. The third-order valence-electron chi connectivity index (χ3n) is 1.93. The van der Waals surface area contributed by atoms with Crippen LogP contribution in [0.4, 0.5) is 0 Å². The van der Waals surface area contributed by atoms with Crippen LogP contribution in [0.2, 0.25) is 0 Å². The van der Waals surface area contributed by atoms with Crippen LogP contribution in [0.3, 0.4) is 0 Å². The number of rotatable bonds is 8. The molecule has 0 saturated carbocycles. The molecule has 0 amide bonds. The van der Waals surface area contributed by atoms with Crippen molar-refractivity contribution < 1.29 is 4.79 Å². The molecule has 90 valence electrons. The van der Waals surface area contributed by atoms with E-state index >= 15 is 0 Å². The van der Waals surface area contributed by atoms with Gasteiger partial charge in [0.05, 0.1) is 6.54 Å². The summed E-state index contributed by atoms with van der Waals surface area (Å²) in [5.41, 5.74) is 0. The largest absolute Gasteiger partial charge is 0.307 e. The highest BCUT2D eigenvalue weighted by Gasteiger charge is 1.96. The van der Waals surface area contributed by atoms with Gasteiger partial charge in [-0.15, -0.1) is 0 Å². The first-order chi connectivity index (χ1) is 7.66. The summed E-state index contributed by atoms with van der Waals surface area (Å²) in [6.45, 7) is 6.49. The summed E-state index contributed by atoms with van der Waals surface area (Å²) in [5.74, 6) is 0.145. The third kappa shape index (κ3) is 10.9. The van der Waals surface area contributed by atoms with Crippen molar-refractivity contribution in [1.29, 1.82) is 0 Å². The van der Waals surface area contributed by atoms with Gasteiger partial charge in [-0.25, -0.2) is 0 Å². The minimum atomic E-state index is 0.145. The van der Waals surface area contributed by atoms with E-state index in [4.69, 9.17) is 0 Å². The monoisotopic (exact) mass is 221 g/mol. The molecule has 0 spiro atoms. The normalized spacial score (nSPS) is 12.5. The van der Waals surface area contributed by atoms with Gasteiger partial charge in [-0.2, -0.15) is 0 Å². The average molecular weight is 221 g/mol. The van der Waals surface area contributed by atoms with Crippen LogP contribution in [0, 0.1) is 0 Å². The molecule has 0 aliphatic carbocycles. The van der Waals surface area contributed by atoms with Gasteiger partial charge < -0.3 is 5.32 Å². The maximum Gasteiger partial charge on any atom is 0.169 e. The summed E-state index contributed by atoms with van der Waals surface area (Å²) < 4.78 is 0. The third-order valence-corrected chi connectivity index (χ3v) is 1.93. The lowest BCUT2D eigenvalue weighted by Gasteiger charge is -2.04. The van der Waals surface area contributed by atoms with Gasteiger partial charge in [0.2, 0.25) is 0 Å². The number of allylic oxidation sites excluding steroid dienone is 5. The fourth-order valence-corrected chi connectivity index (χ4v) is 1.06. The van der Waals surface area contributed by atoms with Gasteiger partial charge in [0.25, 0.3) is 0 Å². The van der Waals surface area contributed by atoms with Crippen molar-refractivity contribution in [2.24, 2.45) is 0 Å². The lowest BCUT2D eigenvalue weighted by atomic mass is 10.2. The van der Waals surface area contributed by atoms with Crippen LogP contribution in [0.25, 0.3) is 0 Å². The van der Waals surface area contributed by atoms with Gasteiger partial charge in [0, 0.05) is 6.04 Å². The molecule has 1 N–H and O–H groups in total. The van der Waals surface area contributed by atoms with Crippen LogP contribution in [-0.4, -0.2) is 18.4 Å². The molecule has 0 unspecified atom stereocenters. The van der Waals surface area contributed by atoms with Crippen molar-refractivity contribution in [1.82, 2.24) is 5.32 Å². The van der Waals surface area contributed by atoms with Crippen molar-refractivity contribution in [2.75, 3.05) is 6.54 Å². The molecule has 16 heavy (non-hydrogen) atoms. The Hall–Kier alpha value is -1.15. The first-order valence-corrected chi connectivity index (χ1v) is 5.87. The Morgan fingerprint density at radius 1 is 1.19 bits per heavy atom. The SMILES string of the molecule is CC=CC=CCCC=CC(=O)CNC(C)C. The number of hydrogen-bond acceptors (Lipinski definition) is 2. The highest BCUT2D eigenvalue weighted by atomic mass is 16.1. The van der Waals surface area contributed by atoms with E-state index in [-0.39, 0.29) is 5.78 Å². The van der Waals surface area contributed by atoms with E-state index in [1.807, 2.05) is 45.1 Å². The second kappa shape index (κ2) is 10.4. The van der Waals surface area contributed by atoms with Crippen LogP contribution in [0.5, 0.6) is 0 Å². The Kier molecular flexibility index (Phi) is 9.63. The minimum Gasteiger partial charge on any atom is -0.307 e. The van der Waals surface area contributed by atoms with Gasteiger partial charge in [-0.1, -0.05) is 44.2 Å². The van der Waals surface area contributed by atoms with Crippen LogP contribution in [0.1, 0.15) is 33.6 Å². The zero-order valence-corrected chi connectivity index (χ0v) is 10.6. The lowest BCUT2D eigenvalue weighted by molar-refractivity contribution is -0.113. The quantitative estimate of drug-likeness (QED) is 0.388. The summed E-state index contributed by atoms with van der Waals surface area (Å²) in [6, 6.07) is 0.362. The van der Waals surface area contributed by atoms with Crippen molar-refractivity contribution in [3.8, 4) is 0 Å². The van der Waals surface area contributed by atoms with Crippen molar-refractivity contribution in [3.63, 3.8) is 0 Å². The van der Waals surface area contributed by atoms with E-state index in [2.05, 4.69) is 11.4 Å². The van der Waals surface area contributed by atoms with Gasteiger partial charge in [0.1, 0.15) is 0 Å². The zero-order valence-electron chi connectivity index (χ0n) is 10.6. The highest BCUT2D eigenvalue weighted by molar-refractivity contribution is 5.91. The summed E-state index contributed by atoms with van der Waals surface area (Å²) >= 11 is 0. The van der Waals surface area contributed by atoms with E-state index < -0.39 is 0 Å². The smallest absolute Gasteiger partial charge is 0.169 e. The molecule has 0 aromatic carbocycles. The molecule has 0 aliphatic heterocycles. The average Bonchev–Trinajstić information content (AvgIpc) is 2.25. The van der Waals surface area contributed by atoms with Crippen LogP contribution >= 0.6 is 0 Å². The van der Waals surface area contributed by atoms with E-state index in [1.54, 1.807) is 6.08 Å². The molecule has 0 bridgehead atoms. The molecular weight excluding hydrogens is 198 g/mol. The molecule has 0 heterocycles. The summed E-state index contributed by atoms with van der Waals surface area (Å²) in [5, 5.41) is 3.09. The molecule has 0 aromatic heterocycles. The number of nitrogens with one attached hydrogen (secondary N) is 1. The molecule has 0 aliphatic rings. The highest BCUT2D eigenvalue weighted by Crippen LogP contribution is 1.93. The lowest BCUT2D eigenvalue weighted by Crippen LogP contribution is -2.28. The molecule has 0 radical (unpaired) electrons. The molecule has 0 rings (SSSR count). The number of carbonyl (C=O) groups is 1. The zero-order chi connectivity index (χ0) is 12.2. The Labute approximate surface area is 99.1 Å². The summed E-state index contributed by atoms with van der Waals surface area (Å²) in [7, 11) is 0. The molecule has 2 heteroatoms. The summed E-state index contributed by atoms with van der Waals surface area (Å²) in [4.78, 5) is 11.3. The first kappa shape index (κ1) is 14.8. The fourth-order valence-electron chi connectivity index (χ4n) is 1.06. The predicted octanol–water partition coefficient (Wildman–Crippen LogP) is 3.02. The van der Waals surface area contributed by atoms with Gasteiger partial charge in [0.15, 0.2) is 5.78 Å². The van der Waals surface area contributed by atoms with Gasteiger partial charge in [-0.3, -0.25) is 4.79 Å². The molecule has 0 aromatic rings. The van der Waals surface area contributed by atoms with Gasteiger partial charge >= 0.3 is 0 Å². The molecule has 2 nitrogen and oxygen atoms in total. The van der Waals surface area contributed by atoms with Crippen molar-refractivity contribution in [2.45, 2.75) is 39.7 Å². The summed E-state index contributed by atoms with van der Waals surface area (Å²) in [6.07, 6.45) is 13.6. The van der Waals surface area contributed by atoms with E-state index in [1.165, 1.54) is 0 Å². The van der Waals surface area contributed by atoms with Gasteiger partial charge in [-0.05, 0) is 25.8 Å². The minimum absolute atomic E-state index is 0.145. The Balaban J connectivity index is 3.56. The molecular formula is C14H23NO. The van der Waals surface area contributed by atoms with Crippen LogP contribution in [-0.2, 0) is 4.79 Å². The van der Waals surface area contributed by atoms with Crippen LogP contribution < -0.4 is 5.32 Å².